The maximum absolute atomic E-state index is 12.9. The standard InChI is InChI=1S/C20H24N4O4/c1-27-16-6-2-13(3-7-16)18-19(28-12-17(25)24(18)15-4-5-15)20(26)21-10-8-14-9-11-22-23-14/h2-3,6-7,9,11,15,18-19H,4-5,8,10,12H2,1H3,(H,21,26)(H,22,23)/t18-,19+/m1/s1. The van der Waals surface area contributed by atoms with Crippen molar-refractivity contribution < 1.29 is 19.1 Å². The van der Waals surface area contributed by atoms with Crippen molar-refractivity contribution in [3.63, 3.8) is 0 Å². The Kier molecular flexibility index (Phi) is 5.29. The second kappa shape index (κ2) is 8.02. The average Bonchev–Trinajstić information content (AvgIpc) is 3.42. The van der Waals surface area contributed by atoms with Gasteiger partial charge in [-0.25, -0.2) is 0 Å². The fourth-order valence-corrected chi connectivity index (χ4v) is 3.61. The zero-order chi connectivity index (χ0) is 19.5. The minimum atomic E-state index is -0.742. The number of rotatable bonds is 7. The molecule has 2 aliphatic rings. The number of methoxy groups -OCH3 is 1. The number of nitrogens with zero attached hydrogens (tertiary/aromatic N) is 2. The van der Waals surface area contributed by atoms with Crippen molar-refractivity contribution in [2.75, 3.05) is 20.3 Å². The van der Waals surface area contributed by atoms with Crippen LogP contribution in [0.3, 0.4) is 0 Å². The number of morpholine rings is 1. The Bertz CT molecular complexity index is 817. The number of hydrogen-bond acceptors (Lipinski definition) is 5. The summed E-state index contributed by atoms with van der Waals surface area (Å²) in [6.07, 6.45) is 3.52. The Morgan fingerprint density at radius 2 is 2.11 bits per heavy atom. The van der Waals surface area contributed by atoms with Gasteiger partial charge in [-0.2, -0.15) is 5.10 Å². The van der Waals surface area contributed by atoms with E-state index in [-0.39, 0.29) is 24.5 Å². The summed E-state index contributed by atoms with van der Waals surface area (Å²) < 4.78 is 10.9. The van der Waals surface area contributed by atoms with Crippen molar-refractivity contribution in [1.82, 2.24) is 20.4 Å². The molecular weight excluding hydrogens is 360 g/mol. The second-order valence-electron chi connectivity index (χ2n) is 7.10. The van der Waals surface area contributed by atoms with Crippen molar-refractivity contribution in [2.45, 2.75) is 37.5 Å². The molecule has 2 heterocycles. The molecule has 8 heteroatoms. The number of ether oxygens (including phenoxy) is 2. The number of carbonyl (C=O) groups is 2. The van der Waals surface area contributed by atoms with Gasteiger partial charge in [-0.3, -0.25) is 14.7 Å². The van der Waals surface area contributed by atoms with E-state index in [0.717, 1.165) is 29.8 Å². The number of aromatic amines is 1. The minimum Gasteiger partial charge on any atom is -0.497 e. The van der Waals surface area contributed by atoms with Crippen LogP contribution < -0.4 is 10.1 Å². The lowest BCUT2D eigenvalue weighted by Crippen LogP contribution is -2.55. The predicted octanol–water partition coefficient (Wildman–Crippen LogP) is 1.21. The number of carbonyl (C=O) groups excluding carboxylic acids is 2. The maximum Gasteiger partial charge on any atom is 0.251 e. The number of hydrogen-bond donors (Lipinski definition) is 2. The first-order chi connectivity index (χ1) is 13.7. The molecule has 1 aromatic carbocycles. The molecule has 2 aromatic rings. The summed E-state index contributed by atoms with van der Waals surface area (Å²) in [6.45, 7) is 0.398. The highest BCUT2D eigenvalue weighted by Crippen LogP contribution is 2.39. The summed E-state index contributed by atoms with van der Waals surface area (Å²) in [7, 11) is 1.61. The van der Waals surface area contributed by atoms with Gasteiger partial charge < -0.3 is 19.7 Å². The molecule has 148 valence electrons. The van der Waals surface area contributed by atoms with Gasteiger partial charge in [0.25, 0.3) is 5.91 Å². The summed E-state index contributed by atoms with van der Waals surface area (Å²) in [5.41, 5.74) is 1.82. The minimum absolute atomic E-state index is 0.0650. The largest absolute Gasteiger partial charge is 0.497 e. The molecule has 28 heavy (non-hydrogen) atoms. The van der Waals surface area contributed by atoms with E-state index in [1.165, 1.54) is 0 Å². The van der Waals surface area contributed by atoms with Gasteiger partial charge in [-0.15, -0.1) is 0 Å². The monoisotopic (exact) mass is 384 g/mol. The van der Waals surface area contributed by atoms with Crippen molar-refractivity contribution in [2.24, 2.45) is 0 Å². The van der Waals surface area contributed by atoms with Gasteiger partial charge in [0.1, 0.15) is 12.4 Å². The molecule has 4 rings (SSSR count). The molecule has 1 saturated heterocycles. The summed E-state index contributed by atoms with van der Waals surface area (Å²) >= 11 is 0. The van der Waals surface area contributed by atoms with Crippen LogP contribution in [0.4, 0.5) is 0 Å². The van der Waals surface area contributed by atoms with Crippen LogP contribution in [0.2, 0.25) is 0 Å². The van der Waals surface area contributed by atoms with E-state index in [1.807, 2.05) is 35.2 Å². The number of aromatic nitrogens is 2. The molecule has 2 amide bonds. The first-order valence-corrected chi connectivity index (χ1v) is 9.50. The molecule has 1 aromatic heterocycles. The van der Waals surface area contributed by atoms with Crippen molar-refractivity contribution >= 4 is 11.8 Å². The molecular formula is C20H24N4O4. The maximum atomic E-state index is 12.9. The molecule has 0 unspecified atom stereocenters. The summed E-state index contributed by atoms with van der Waals surface area (Å²) in [4.78, 5) is 27.3. The van der Waals surface area contributed by atoms with E-state index in [2.05, 4.69) is 15.5 Å². The molecule has 2 atom stereocenters. The van der Waals surface area contributed by atoms with Crippen LogP contribution in [0.1, 0.15) is 30.1 Å². The third kappa shape index (κ3) is 3.87. The molecule has 0 spiro atoms. The van der Waals surface area contributed by atoms with Crippen LogP contribution in [0.25, 0.3) is 0 Å². The van der Waals surface area contributed by atoms with E-state index in [9.17, 15) is 9.59 Å². The third-order valence-corrected chi connectivity index (χ3v) is 5.17. The van der Waals surface area contributed by atoms with Crippen LogP contribution in [0.5, 0.6) is 5.75 Å². The fourth-order valence-electron chi connectivity index (χ4n) is 3.61. The van der Waals surface area contributed by atoms with E-state index < -0.39 is 12.1 Å². The lowest BCUT2D eigenvalue weighted by atomic mass is 9.96. The normalized spacial score (nSPS) is 22.2. The Labute approximate surface area is 163 Å². The number of nitrogens with one attached hydrogen (secondary N) is 2. The van der Waals surface area contributed by atoms with E-state index in [4.69, 9.17) is 9.47 Å². The van der Waals surface area contributed by atoms with Gasteiger partial charge in [-0.1, -0.05) is 12.1 Å². The van der Waals surface area contributed by atoms with E-state index in [0.29, 0.717) is 13.0 Å². The van der Waals surface area contributed by atoms with E-state index >= 15 is 0 Å². The fraction of sp³-hybridized carbons (Fsp3) is 0.450. The number of amides is 2. The zero-order valence-electron chi connectivity index (χ0n) is 15.8. The van der Waals surface area contributed by atoms with Gasteiger partial charge in [0.15, 0.2) is 6.10 Å². The van der Waals surface area contributed by atoms with Crippen LogP contribution in [0.15, 0.2) is 36.5 Å². The Balaban J connectivity index is 1.52. The van der Waals surface area contributed by atoms with Crippen molar-refractivity contribution in [3.8, 4) is 5.75 Å². The topological polar surface area (TPSA) is 96.5 Å². The molecule has 0 radical (unpaired) electrons. The molecule has 1 aliphatic carbocycles. The highest BCUT2D eigenvalue weighted by molar-refractivity contribution is 5.86. The predicted molar refractivity (Wildman–Crippen MR) is 101 cm³/mol. The number of benzene rings is 1. The van der Waals surface area contributed by atoms with Gasteiger partial charge in [0.05, 0.1) is 13.2 Å². The Hall–Kier alpha value is -2.87. The van der Waals surface area contributed by atoms with Gasteiger partial charge in [0, 0.05) is 30.9 Å². The highest BCUT2D eigenvalue weighted by atomic mass is 16.5. The van der Waals surface area contributed by atoms with Crippen LogP contribution >= 0.6 is 0 Å². The molecule has 2 fully saturated rings. The average molecular weight is 384 g/mol. The highest BCUT2D eigenvalue weighted by Gasteiger charge is 2.47. The molecule has 1 saturated carbocycles. The lowest BCUT2D eigenvalue weighted by Gasteiger charge is -2.40. The van der Waals surface area contributed by atoms with Gasteiger partial charge >= 0.3 is 0 Å². The third-order valence-electron chi connectivity index (χ3n) is 5.17. The smallest absolute Gasteiger partial charge is 0.251 e. The van der Waals surface area contributed by atoms with Crippen LogP contribution in [-0.4, -0.2) is 59.3 Å². The van der Waals surface area contributed by atoms with Crippen LogP contribution in [-0.2, 0) is 20.7 Å². The Morgan fingerprint density at radius 3 is 2.75 bits per heavy atom. The Morgan fingerprint density at radius 1 is 1.32 bits per heavy atom. The van der Waals surface area contributed by atoms with Crippen LogP contribution in [0, 0.1) is 0 Å². The quantitative estimate of drug-likeness (QED) is 0.748. The van der Waals surface area contributed by atoms with E-state index in [1.54, 1.807) is 13.3 Å². The van der Waals surface area contributed by atoms with Gasteiger partial charge in [0.2, 0.25) is 5.91 Å². The van der Waals surface area contributed by atoms with Gasteiger partial charge in [-0.05, 0) is 36.6 Å². The second-order valence-corrected chi connectivity index (χ2v) is 7.10. The molecule has 8 nitrogen and oxygen atoms in total. The molecule has 1 aliphatic heterocycles. The molecule has 0 bridgehead atoms. The lowest BCUT2D eigenvalue weighted by molar-refractivity contribution is -0.165. The first-order valence-electron chi connectivity index (χ1n) is 9.50. The van der Waals surface area contributed by atoms with Crippen molar-refractivity contribution in [3.05, 3.63) is 47.8 Å². The SMILES string of the molecule is COc1ccc([C@@H]2[C@@H](C(=O)NCCc3ccn[nH]3)OCC(=O)N2C2CC2)cc1. The van der Waals surface area contributed by atoms with Crippen molar-refractivity contribution in [1.29, 1.82) is 0 Å². The summed E-state index contributed by atoms with van der Waals surface area (Å²) in [5, 5.41) is 9.71. The number of H-pyrrole nitrogens is 1. The molecule has 2 N–H and O–H groups in total. The zero-order valence-corrected chi connectivity index (χ0v) is 15.8. The summed E-state index contributed by atoms with van der Waals surface area (Å²) in [6, 6.07) is 9.09. The summed E-state index contributed by atoms with van der Waals surface area (Å²) in [5.74, 6) is 0.452. The first kappa shape index (κ1) is 18.5.